The van der Waals surface area contributed by atoms with Gasteiger partial charge in [-0.1, -0.05) is 34.6 Å². The van der Waals surface area contributed by atoms with Gasteiger partial charge in [-0.25, -0.2) is 0 Å². The first kappa shape index (κ1) is 15.0. The van der Waals surface area contributed by atoms with Crippen molar-refractivity contribution in [2.75, 3.05) is 19.6 Å². The zero-order valence-corrected chi connectivity index (χ0v) is 12.7. The van der Waals surface area contributed by atoms with Crippen molar-refractivity contribution >= 4 is 0 Å². The van der Waals surface area contributed by atoms with Crippen molar-refractivity contribution in [3.8, 4) is 0 Å². The molecule has 1 rings (SSSR count). The number of hydrogen-bond donors (Lipinski definition) is 1. The number of nitrogens with zero attached hydrogens (tertiary/aromatic N) is 1. The monoisotopic (exact) mass is 240 g/mol. The third kappa shape index (κ3) is 4.97. The molecule has 2 heteroatoms. The normalized spacial score (nSPS) is 33.0. The highest BCUT2D eigenvalue weighted by molar-refractivity contribution is 4.83. The van der Waals surface area contributed by atoms with E-state index in [-0.39, 0.29) is 0 Å². The van der Waals surface area contributed by atoms with Crippen LogP contribution in [0.1, 0.15) is 48.0 Å². The maximum Gasteiger partial charge on any atom is 0.00929 e. The molecule has 4 atom stereocenters. The van der Waals surface area contributed by atoms with Crippen LogP contribution in [0.25, 0.3) is 0 Å². The largest absolute Gasteiger partial charge is 0.314 e. The summed E-state index contributed by atoms with van der Waals surface area (Å²) in [7, 11) is 0. The first-order valence-corrected chi connectivity index (χ1v) is 7.37. The molecule has 0 radical (unpaired) electrons. The summed E-state index contributed by atoms with van der Waals surface area (Å²) in [4.78, 5) is 2.70. The summed E-state index contributed by atoms with van der Waals surface area (Å²) in [6, 6.07) is 1.36. The highest BCUT2D eigenvalue weighted by Gasteiger charge is 2.29. The van der Waals surface area contributed by atoms with Crippen molar-refractivity contribution in [3.63, 3.8) is 0 Å². The molecule has 0 aromatic carbocycles. The molecule has 1 saturated heterocycles. The lowest BCUT2D eigenvalue weighted by atomic mass is 9.85. The predicted molar refractivity (Wildman–Crippen MR) is 76.3 cm³/mol. The Bertz CT molecular complexity index is 215. The van der Waals surface area contributed by atoms with Crippen molar-refractivity contribution in [2.45, 2.75) is 60.0 Å². The molecule has 0 bridgehead atoms. The van der Waals surface area contributed by atoms with Gasteiger partial charge in [-0.15, -0.1) is 0 Å². The number of likely N-dealkylation sites (tertiary alicyclic amines) is 1. The third-order valence-electron chi connectivity index (χ3n) is 4.14. The van der Waals surface area contributed by atoms with Crippen LogP contribution in [-0.2, 0) is 0 Å². The fourth-order valence-electron chi connectivity index (χ4n) is 2.98. The summed E-state index contributed by atoms with van der Waals surface area (Å²) in [5.41, 5.74) is 0. The molecule has 2 nitrogen and oxygen atoms in total. The second kappa shape index (κ2) is 6.75. The highest BCUT2D eigenvalue weighted by Crippen LogP contribution is 2.27. The van der Waals surface area contributed by atoms with Crippen LogP contribution in [0.5, 0.6) is 0 Å². The summed E-state index contributed by atoms with van der Waals surface area (Å²) >= 11 is 0. The molecule has 1 aliphatic heterocycles. The third-order valence-corrected chi connectivity index (χ3v) is 4.14. The first-order chi connectivity index (χ1) is 7.90. The predicted octanol–water partition coefficient (Wildman–Crippen LogP) is 2.99. The van der Waals surface area contributed by atoms with Gasteiger partial charge in [-0.05, 0) is 37.6 Å². The van der Waals surface area contributed by atoms with E-state index >= 15 is 0 Å². The summed E-state index contributed by atoms with van der Waals surface area (Å²) in [5.74, 6) is 2.47. The Morgan fingerprint density at radius 2 is 1.82 bits per heavy atom. The van der Waals surface area contributed by atoms with Gasteiger partial charge in [-0.2, -0.15) is 0 Å². The lowest BCUT2D eigenvalue weighted by Crippen LogP contribution is -2.48. The molecule has 0 aliphatic carbocycles. The Kier molecular flexibility index (Phi) is 5.94. The number of nitrogens with one attached hydrogen (secondary N) is 1. The summed E-state index contributed by atoms with van der Waals surface area (Å²) in [6.45, 7) is 17.7. The van der Waals surface area contributed by atoms with Crippen molar-refractivity contribution in [1.29, 1.82) is 0 Å². The maximum atomic E-state index is 3.55. The Morgan fingerprint density at radius 1 is 1.18 bits per heavy atom. The van der Waals surface area contributed by atoms with Crippen LogP contribution < -0.4 is 5.32 Å². The Labute approximate surface area is 108 Å². The topological polar surface area (TPSA) is 15.3 Å². The van der Waals surface area contributed by atoms with Crippen LogP contribution in [0.3, 0.4) is 0 Å². The van der Waals surface area contributed by atoms with Crippen molar-refractivity contribution < 1.29 is 0 Å². The van der Waals surface area contributed by atoms with Crippen LogP contribution in [0.4, 0.5) is 0 Å². The van der Waals surface area contributed by atoms with Gasteiger partial charge in [0.2, 0.25) is 0 Å². The van der Waals surface area contributed by atoms with Crippen molar-refractivity contribution in [2.24, 2.45) is 17.8 Å². The second-order valence-corrected chi connectivity index (χ2v) is 6.68. The van der Waals surface area contributed by atoms with Crippen molar-refractivity contribution in [1.82, 2.24) is 10.2 Å². The summed E-state index contributed by atoms with van der Waals surface area (Å²) in [6.07, 6.45) is 1.40. The Hall–Kier alpha value is -0.0800. The van der Waals surface area contributed by atoms with Gasteiger partial charge >= 0.3 is 0 Å². The van der Waals surface area contributed by atoms with Gasteiger partial charge in [0.25, 0.3) is 0 Å². The van der Waals surface area contributed by atoms with Gasteiger partial charge in [0.1, 0.15) is 0 Å². The van der Waals surface area contributed by atoms with E-state index < -0.39 is 0 Å². The number of hydrogen-bond acceptors (Lipinski definition) is 2. The van der Waals surface area contributed by atoms with E-state index in [1.165, 1.54) is 19.5 Å². The van der Waals surface area contributed by atoms with E-state index in [1.54, 1.807) is 0 Å². The fraction of sp³-hybridized carbons (Fsp3) is 1.00. The average Bonchev–Trinajstić information content (AvgIpc) is 2.22. The molecule has 102 valence electrons. The summed E-state index contributed by atoms with van der Waals surface area (Å²) < 4.78 is 0. The first-order valence-electron chi connectivity index (χ1n) is 7.37. The van der Waals surface area contributed by atoms with Crippen LogP contribution in [0.2, 0.25) is 0 Å². The van der Waals surface area contributed by atoms with Gasteiger partial charge in [0.05, 0.1) is 0 Å². The van der Waals surface area contributed by atoms with Crippen LogP contribution in [0, 0.1) is 17.8 Å². The highest BCUT2D eigenvalue weighted by atomic mass is 15.2. The molecular formula is C15H32N2. The van der Waals surface area contributed by atoms with E-state index in [1.807, 2.05) is 0 Å². The molecule has 0 saturated carbocycles. The SMILES string of the molecule is CC(CNC(C)C)CN1CC(C)CC(C)C1C. The lowest BCUT2D eigenvalue weighted by molar-refractivity contribution is 0.0667. The molecule has 0 aromatic heterocycles. The van der Waals surface area contributed by atoms with E-state index in [2.05, 4.69) is 51.8 Å². The summed E-state index contributed by atoms with van der Waals surface area (Å²) in [5, 5.41) is 3.55. The molecular weight excluding hydrogens is 208 g/mol. The molecule has 17 heavy (non-hydrogen) atoms. The average molecular weight is 240 g/mol. The smallest absolute Gasteiger partial charge is 0.00929 e. The second-order valence-electron chi connectivity index (χ2n) is 6.68. The van der Waals surface area contributed by atoms with Gasteiger partial charge < -0.3 is 5.32 Å². The minimum atomic E-state index is 0.606. The van der Waals surface area contributed by atoms with Gasteiger partial charge in [0.15, 0.2) is 0 Å². The lowest BCUT2D eigenvalue weighted by Gasteiger charge is -2.42. The molecule has 0 spiro atoms. The maximum absolute atomic E-state index is 3.55. The van der Waals surface area contributed by atoms with Gasteiger partial charge in [0, 0.05) is 25.2 Å². The van der Waals surface area contributed by atoms with E-state index in [9.17, 15) is 0 Å². The van der Waals surface area contributed by atoms with Crippen LogP contribution >= 0.6 is 0 Å². The Balaban J connectivity index is 2.38. The van der Waals surface area contributed by atoms with E-state index in [4.69, 9.17) is 0 Å². The van der Waals surface area contributed by atoms with Gasteiger partial charge in [-0.3, -0.25) is 4.90 Å². The van der Waals surface area contributed by atoms with Crippen LogP contribution in [0.15, 0.2) is 0 Å². The molecule has 1 heterocycles. The van der Waals surface area contributed by atoms with Crippen LogP contribution in [-0.4, -0.2) is 36.6 Å². The minimum Gasteiger partial charge on any atom is -0.314 e. The standard InChI is InChI=1S/C15H32N2/c1-11(2)16-8-13(4)10-17-9-12(3)7-14(5)15(17)6/h11-16H,7-10H2,1-6H3. The van der Waals surface area contributed by atoms with E-state index in [0.717, 1.165) is 30.3 Å². The Morgan fingerprint density at radius 3 is 2.41 bits per heavy atom. The van der Waals surface area contributed by atoms with E-state index in [0.29, 0.717) is 6.04 Å². The molecule has 4 unspecified atom stereocenters. The number of rotatable bonds is 5. The zero-order valence-electron chi connectivity index (χ0n) is 12.7. The zero-order chi connectivity index (χ0) is 13.0. The molecule has 1 N–H and O–H groups in total. The minimum absolute atomic E-state index is 0.606. The molecule has 1 aliphatic rings. The number of piperidine rings is 1. The van der Waals surface area contributed by atoms with Crippen molar-refractivity contribution in [3.05, 3.63) is 0 Å². The quantitative estimate of drug-likeness (QED) is 0.795. The molecule has 1 fully saturated rings. The molecule has 0 aromatic rings. The molecule has 0 amide bonds. The fourth-order valence-corrected chi connectivity index (χ4v) is 2.98.